The Kier molecular flexibility index (Phi) is 6.25. The third-order valence-corrected chi connectivity index (χ3v) is 3.27. The Morgan fingerprint density at radius 3 is 1.33 bits per heavy atom. The van der Waals surface area contributed by atoms with E-state index in [1.807, 2.05) is 24.3 Å². The van der Waals surface area contributed by atoms with Crippen molar-refractivity contribution in [1.82, 2.24) is 0 Å². The normalized spacial score (nSPS) is 10.6. The van der Waals surface area contributed by atoms with Crippen LogP contribution in [-0.2, 0) is 22.3 Å². The van der Waals surface area contributed by atoms with Gasteiger partial charge in [-0.3, -0.25) is 0 Å². The molecular weight excluding hydrogens is 264 g/mol. The molecule has 0 bridgehead atoms. The molecule has 0 saturated carbocycles. The van der Waals surface area contributed by atoms with E-state index >= 15 is 0 Å². The predicted molar refractivity (Wildman–Crippen MR) is 84.1 cm³/mol. The lowest BCUT2D eigenvalue weighted by Gasteiger charge is -2.08. The Morgan fingerprint density at radius 2 is 1.00 bits per heavy atom. The number of methoxy groups -OCH3 is 2. The SMILES string of the molecule is COCCc1ccc(Oc2ccc(CCOC)cc2)cc1. The molecule has 3 nitrogen and oxygen atoms in total. The topological polar surface area (TPSA) is 27.7 Å². The van der Waals surface area contributed by atoms with Gasteiger partial charge in [-0.25, -0.2) is 0 Å². The molecule has 0 N–H and O–H groups in total. The summed E-state index contributed by atoms with van der Waals surface area (Å²) >= 11 is 0. The van der Waals surface area contributed by atoms with Crippen molar-refractivity contribution in [2.24, 2.45) is 0 Å². The van der Waals surface area contributed by atoms with Gasteiger partial charge in [0, 0.05) is 14.2 Å². The molecule has 0 aromatic heterocycles. The van der Waals surface area contributed by atoms with Gasteiger partial charge in [0.1, 0.15) is 11.5 Å². The monoisotopic (exact) mass is 286 g/mol. The molecule has 0 aliphatic heterocycles. The van der Waals surface area contributed by atoms with Crippen LogP contribution in [0.5, 0.6) is 11.5 Å². The first-order valence-corrected chi connectivity index (χ1v) is 7.15. The van der Waals surface area contributed by atoms with Crippen LogP contribution in [0.3, 0.4) is 0 Å². The molecule has 0 amide bonds. The molecule has 0 unspecified atom stereocenters. The van der Waals surface area contributed by atoms with Gasteiger partial charge in [-0.1, -0.05) is 24.3 Å². The number of hydrogen-bond acceptors (Lipinski definition) is 3. The zero-order valence-corrected chi connectivity index (χ0v) is 12.7. The summed E-state index contributed by atoms with van der Waals surface area (Å²) in [5.41, 5.74) is 2.50. The van der Waals surface area contributed by atoms with Crippen molar-refractivity contribution in [1.29, 1.82) is 0 Å². The molecule has 0 aliphatic rings. The van der Waals surface area contributed by atoms with Crippen molar-refractivity contribution >= 4 is 0 Å². The van der Waals surface area contributed by atoms with E-state index in [1.54, 1.807) is 14.2 Å². The number of rotatable bonds is 8. The third-order valence-electron chi connectivity index (χ3n) is 3.27. The predicted octanol–water partition coefficient (Wildman–Crippen LogP) is 3.86. The van der Waals surface area contributed by atoms with Crippen LogP contribution in [0.1, 0.15) is 11.1 Å². The summed E-state index contributed by atoms with van der Waals surface area (Å²) in [5.74, 6) is 1.70. The van der Waals surface area contributed by atoms with Crippen molar-refractivity contribution in [3.8, 4) is 11.5 Å². The minimum absolute atomic E-state index is 0.739. The average Bonchev–Trinajstić information content (AvgIpc) is 2.53. The second-order valence-electron chi connectivity index (χ2n) is 4.88. The molecular formula is C18H22O3. The molecule has 0 heterocycles. The van der Waals surface area contributed by atoms with E-state index in [1.165, 1.54) is 11.1 Å². The molecule has 0 fully saturated rings. The fourth-order valence-corrected chi connectivity index (χ4v) is 2.02. The van der Waals surface area contributed by atoms with Crippen LogP contribution >= 0.6 is 0 Å². The van der Waals surface area contributed by atoms with Crippen molar-refractivity contribution in [3.63, 3.8) is 0 Å². The quantitative estimate of drug-likeness (QED) is 0.737. The van der Waals surface area contributed by atoms with E-state index in [-0.39, 0.29) is 0 Å². The molecule has 0 saturated heterocycles. The fourth-order valence-electron chi connectivity index (χ4n) is 2.02. The van der Waals surface area contributed by atoms with E-state index in [0.29, 0.717) is 0 Å². The second kappa shape index (κ2) is 8.45. The van der Waals surface area contributed by atoms with Crippen LogP contribution in [0.25, 0.3) is 0 Å². The zero-order valence-electron chi connectivity index (χ0n) is 12.7. The molecule has 112 valence electrons. The lowest BCUT2D eigenvalue weighted by atomic mass is 10.1. The Morgan fingerprint density at radius 1 is 0.619 bits per heavy atom. The Balaban J connectivity index is 1.91. The van der Waals surface area contributed by atoms with E-state index in [4.69, 9.17) is 14.2 Å². The minimum atomic E-state index is 0.739. The van der Waals surface area contributed by atoms with Crippen molar-refractivity contribution in [3.05, 3.63) is 59.7 Å². The summed E-state index contributed by atoms with van der Waals surface area (Å²) in [7, 11) is 3.43. The van der Waals surface area contributed by atoms with Crippen LogP contribution in [0.2, 0.25) is 0 Å². The van der Waals surface area contributed by atoms with Gasteiger partial charge in [0.2, 0.25) is 0 Å². The van der Waals surface area contributed by atoms with Crippen LogP contribution in [-0.4, -0.2) is 27.4 Å². The van der Waals surface area contributed by atoms with E-state index < -0.39 is 0 Å². The lowest BCUT2D eigenvalue weighted by Crippen LogP contribution is -1.95. The van der Waals surface area contributed by atoms with Gasteiger partial charge < -0.3 is 14.2 Å². The molecule has 0 radical (unpaired) electrons. The molecule has 21 heavy (non-hydrogen) atoms. The highest BCUT2D eigenvalue weighted by Gasteiger charge is 1.99. The van der Waals surface area contributed by atoms with Crippen LogP contribution in [0.4, 0.5) is 0 Å². The summed E-state index contributed by atoms with van der Waals surface area (Å²) in [4.78, 5) is 0. The van der Waals surface area contributed by atoms with E-state index in [2.05, 4.69) is 24.3 Å². The van der Waals surface area contributed by atoms with Crippen molar-refractivity contribution in [2.75, 3.05) is 27.4 Å². The molecule has 2 aromatic carbocycles. The maximum atomic E-state index is 5.83. The molecule has 0 spiro atoms. The van der Waals surface area contributed by atoms with Crippen LogP contribution < -0.4 is 4.74 Å². The molecule has 3 heteroatoms. The largest absolute Gasteiger partial charge is 0.457 e. The smallest absolute Gasteiger partial charge is 0.127 e. The van der Waals surface area contributed by atoms with Crippen LogP contribution in [0.15, 0.2) is 48.5 Å². The van der Waals surface area contributed by atoms with Gasteiger partial charge >= 0.3 is 0 Å². The van der Waals surface area contributed by atoms with Crippen molar-refractivity contribution < 1.29 is 14.2 Å². The summed E-state index contributed by atoms with van der Waals surface area (Å²) in [6.45, 7) is 1.48. The fraction of sp³-hybridized carbons (Fsp3) is 0.333. The van der Waals surface area contributed by atoms with Crippen molar-refractivity contribution in [2.45, 2.75) is 12.8 Å². The highest BCUT2D eigenvalue weighted by Crippen LogP contribution is 2.22. The van der Waals surface area contributed by atoms with Gasteiger partial charge in [0.25, 0.3) is 0 Å². The Hall–Kier alpha value is -1.84. The number of benzene rings is 2. The standard InChI is InChI=1S/C18H22O3/c1-19-13-11-15-3-7-17(8-4-15)21-18-9-5-16(6-10-18)12-14-20-2/h3-10H,11-14H2,1-2H3. The molecule has 0 atom stereocenters. The summed E-state index contributed by atoms with van der Waals surface area (Å²) in [6.07, 6.45) is 1.84. The first kappa shape index (κ1) is 15.5. The maximum absolute atomic E-state index is 5.83. The lowest BCUT2D eigenvalue weighted by molar-refractivity contribution is 0.202. The first-order chi connectivity index (χ1) is 10.3. The highest BCUT2D eigenvalue weighted by atomic mass is 16.5. The molecule has 0 aliphatic carbocycles. The molecule has 2 rings (SSSR count). The van der Waals surface area contributed by atoms with E-state index in [0.717, 1.165) is 37.6 Å². The van der Waals surface area contributed by atoms with Gasteiger partial charge in [0.05, 0.1) is 13.2 Å². The van der Waals surface area contributed by atoms with Gasteiger partial charge in [-0.2, -0.15) is 0 Å². The Bertz CT molecular complexity index is 468. The summed E-state index contributed by atoms with van der Waals surface area (Å²) in [5, 5.41) is 0. The van der Waals surface area contributed by atoms with Crippen LogP contribution in [0, 0.1) is 0 Å². The van der Waals surface area contributed by atoms with E-state index in [9.17, 15) is 0 Å². The number of hydrogen-bond donors (Lipinski definition) is 0. The summed E-state index contributed by atoms with van der Waals surface area (Å²) < 4.78 is 16.0. The molecule has 2 aromatic rings. The zero-order chi connectivity index (χ0) is 14.9. The number of ether oxygens (including phenoxy) is 3. The highest BCUT2D eigenvalue weighted by molar-refractivity contribution is 5.34. The maximum Gasteiger partial charge on any atom is 0.127 e. The second-order valence-corrected chi connectivity index (χ2v) is 4.88. The minimum Gasteiger partial charge on any atom is -0.457 e. The third kappa shape index (κ3) is 5.21. The van der Waals surface area contributed by atoms with Gasteiger partial charge in [0.15, 0.2) is 0 Å². The summed E-state index contributed by atoms with van der Waals surface area (Å²) in [6, 6.07) is 16.2. The van der Waals surface area contributed by atoms with Gasteiger partial charge in [-0.15, -0.1) is 0 Å². The average molecular weight is 286 g/mol. The van der Waals surface area contributed by atoms with Gasteiger partial charge in [-0.05, 0) is 48.2 Å². The first-order valence-electron chi connectivity index (χ1n) is 7.15. The Labute approximate surface area is 126 Å².